The molecule has 1 aliphatic rings. The van der Waals surface area contributed by atoms with Crippen LogP contribution in [0.2, 0.25) is 0 Å². The van der Waals surface area contributed by atoms with Gasteiger partial charge in [-0.3, -0.25) is 4.79 Å². The lowest BCUT2D eigenvalue weighted by molar-refractivity contribution is -0.148. The molecule has 158 valence electrons. The van der Waals surface area contributed by atoms with Crippen molar-refractivity contribution in [2.24, 2.45) is 5.92 Å². The summed E-state index contributed by atoms with van der Waals surface area (Å²) in [4.78, 5) is 25.6. The van der Waals surface area contributed by atoms with E-state index in [1.165, 1.54) is 24.3 Å². The summed E-state index contributed by atoms with van der Waals surface area (Å²) in [6.45, 7) is 5.81. The maximum Gasteiger partial charge on any atom is 0.492 e. The summed E-state index contributed by atoms with van der Waals surface area (Å²) in [7, 11) is -1.05. The largest absolute Gasteiger partial charge is 0.492 e. The Hall–Kier alpha value is -2.71. The van der Waals surface area contributed by atoms with Crippen LogP contribution in [0.25, 0.3) is 0 Å². The molecule has 0 spiro atoms. The first kappa shape index (κ1) is 22.0. The number of esters is 1. The number of ether oxygens (including phenoxy) is 1. The minimum Gasteiger partial charge on any atom is -0.459 e. The molecule has 30 heavy (non-hydrogen) atoms. The molecule has 6 nitrogen and oxygen atoms in total. The van der Waals surface area contributed by atoms with Crippen molar-refractivity contribution in [2.45, 2.75) is 46.4 Å². The van der Waals surface area contributed by atoms with Gasteiger partial charge in [0.2, 0.25) is 0 Å². The highest BCUT2D eigenvalue weighted by Gasteiger charge is 2.33. The van der Waals surface area contributed by atoms with Crippen molar-refractivity contribution in [1.82, 2.24) is 5.32 Å². The normalized spacial score (nSPS) is 13.9. The van der Waals surface area contributed by atoms with Gasteiger partial charge in [-0.2, -0.15) is 0 Å². The van der Waals surface area contributed by atoms with E-state index in [0.29, 0.717) is 35.2 Å². The number of benzene rings is 2. The lowest BCUT2D eigenvalue weighted by Gasteiger charge is -2.22. The Morgan fingerprint density at radius 1 is 1.23 bits per heavy atom. The molecule has 0 aromatic heterocycles. The van der Waals surface area contributed by atoms with Gasteiger partial charge in [0.25, 0.3) is 5.91 Å². The van der Waals surface area contributed by atoms with Crippen LogP contribution in [0, 0.1) is 11.7 Å². The number of carbonyl (C=O) groups is 2. The van der Waals surface area contributed by atoms with Crippen molar-refractivity contribution in [3.63, 3.8) is 0 Å². The standard InChI is InChI=1S/C22H25BFNO5/c1-4-17-18(10-7-15-12-30-23(28)19(15)17)21(26)25-20(13(2)3)22(27)29-11-14-5-8-16(24)9-6-14/h5-10,13,20,28H,4,11-12H2,1-3H3,(H,25,26). The zero-order chi connectivity index (χ0) is 21.8. The fraction of sp³-hybridized carbons (Fsp3) is 0.364. The number of halogens is 1. The fourth-order valence-corrected chi connectivity index (χ4v) is 3.53. The molecule has 0 radical (unpaired) electrons. The third-order valence-corrected chi connectivity index (χ3v) is 5.19. The highest BCUT2D eigenvalue weighted by atomic mass is 19.1. The Morgan fingerprint density at radius 2 is 1.93 bits per heavy atom. The molecule has 1 heterocycles. The molecule has 2 aromatic carbocycles. The maximum absolute atomic E-state index is 13.0. The molecule has 3 rings (SSSR count). The number of hydrogen-bond acceptors (Lipinski definition) is 5. The summed E-state index contributed by atoms with van der Waals surface area (Å²) < 4.78 is 23.6. The van der Waals surface area contributed by atoms with Gasteiger partial charge in [-0.05, 0) is 52.7 Å². The molecule has 1 unspecified atom stereocenters. The zero-order valence-electron chi connectivity index (χ0n) is 17.3. The quantitative estimate of drug-likeness (QED) is 0.537. The summed E-state index contributed by atoms with van der Waals surface area (Å²) >= 11 is 0. The van der Waals surface area contributed by atoms with E-state index in [-0.39, 0.29) is 18.3 Å². The third-order valence-electron chi connectivity index (χ3n) is 5.19. The van der Waals surface area contributed by atoms with Gasteiger partial charge in [0.15, 0.2) is 0 Å². The second-order valence-electron chi connectivity index (χ2n) is 7.61. The summed E-state index contributed by atoms with van der Waals surface area (Å²) in [6, 6.07) is 8.27. The smallest absolute Gasteiger partial charge is 0.459 e. The molecule has 0 saturated carbocycles. The van der Waals surface area contributed by atoms with Crippen molar-refractivity contribution < 1.29 is 28.4 Å². The Balaban J connectivity index is 1.73. The van der Waals surface area contributed by atoms with Crippen molar-refractivity contribution in [1.29, 1.82) is 0 Å². The van der Waals surface area contributed by atoms with Crippen LogP contribution in [0.4, 0.5) is 4.39 Å². The zero-order valence-corrected chi connectivity index (χ0v) is 17.3. The minimum absolute atomic E-state index is 0.0131. The number of amides is 1. The topological polar surface area (TPSA) is 84.9 Å². The lowest BCUT2D eigenvalue weighted by Crippen LogP contribution is -2.46. The number of fused-ring (bicyclic) bond motifs is 1. The average molecular weight is 413 g/mol. The van der Waals surface area contributed by atoms with Gasteiger partial charge < -0.3 is 19.7 Å². The summed E-state index contributed by atoms with van der Waals surface area (Å²) in [5.74, 6) is -1.55. The maximum atomic E-state index is 13.0. The molecule has 2 N–H and O–H groups in total. The first-order valence-electron chi connectivity index (χ1n) is 9.98. The van der Waals surface area contributed by atoms with E-state index < -0.39 is 25.0 Å². The summed E-state index contributed by atoms with van der Waals surface area (Å²) in [6.07, 6.45) is 0.535. The van der Waals surface area contributed by atoms with Crippen LogP contribution in [-0.4, -0.2) is 30.1 Å². The van der Waals surface area contributed by atoms with Crippen molar-refractivity contribution in [2.75, 3.05) is 0 Å². The van der Waals surface area contributed by atoms with E-state index in [0.717, 1.165) is 5.56 Å². The van der Waals surface area contributed by atoms with Crippen molar-refractivity contribution in [3.8, 4) is 0 Å². The molecule has 1 atom stereocenters. The summed E-state index contributed by atoms with van der Waals surface area (Å²) in [5.41, 5.74) is 3.24. The second-order valence-corrected chi connectivity index (χ2v) is 7.61. The van der Waals surface area contributed by atoms with Gasteiger partial charge in [-0.15, -0.1) is 0 Å². The van der Waals surface area contributed by atoms with Gasteiger partial charge in [-0.1, -0.05) is 39.0 Å². The lowest BCUT2D eigenvalue weighted by atomic mass is 9.74. The van der Waals surface area contributed by atoms with E-state index in [2.05, 4.69) is 5.32 Å². The molecular weight excluding hydrogens is 388 g/mol. The number of rotatable bonds is 7. The highest BCUT2D eigenvalue weighted by Crippen LogP contribution is 2.18. The second kappa shape index (κ2) is 9.41. The van der Waals surface area contributed by atoms with Gasteiger partial charge in [0.05, 0.1) is 6.61 Å². The molecular formula is C22H25BFNO5. The van der Waals surface area contributed by atoms with Crippen LogP contribution in [0.3, 0.4) is 0 Å². The monoisotopic (exact) mass is 413 g/mol. The van der Waals surface area contributed by atoms with Gasteiger partial charge in [0.1, 0.15) is 18.5 Å². The van der Waals surface area contributed by atoms with Crippen LogP contribution >= 0.6 is 0 Å². The molecule has 0 saturated heterocycles. The Labute approximate surface area is 175 Å². The Morgan fingerprint density at radius 3 is 2.57 bits per heavy atom. The van der Waals surface area contributed by atoms with Crippen LogP contribution in [0.5, 0.6) is 0 Å². The third kappa shape index (κ3) is 4.71. The predicted molar refractivity (Wildman–Crippen MR) is 111 cm³/mol. The average Bonchev–Trinajstić information content (AvgIpc) is 3.11. The van der Waals surface area contributed by atoms with Gasteiger partial charge in [-0.25, -0.2) is 9.18 Å². The first-order chi connectivity index (χ1) is 14.3. The SMILES string of the molecule is CCc1c(C(=O)NC(C(=O)OCc2ccc(F)cc2)C(C)C)ccc2c1B(O)OC2. The van der Waals surface area contributed by atoms with Crippen molar-refractivity contribution >= 4 is 24.5 Å². The van der Waals surface area contributed by atoms with Gasteiger partial charge >= 0.3 is 13.1 Å². The molecule has 0 fully saturated rings. The molecule has 0 aliphatic carbocycles. The van der Waals surface area contributed by atoms with E-state index in [4.69, 9.17) is 9.39 Å². The summed E-state index contributed by atoms with van der Waals surface area (Å²) in [5, 5.41) is 12.9. The van der Waals surface area contributed by atoms with E-state index in [1.54, 1.807) is 12.1 Å². The fourth-order valence-electron chi connectivity index (χ4n) is 3.53. The minimum atomic E-state index is -1.05. The van der Waals surface area contributed by atoms with Crippen LogP contribution in [0.15, 0.2) is 36.4 Å². The van der Waals surface area contributed by atoms with Gasteiger partial charge in [0, 0.05) is 5.56 Å². The van der Waals surface area contributed by atoms with Crippen LogP contribution in [0.1, 0.15) is 47.8 Å². The number of carbonyl (C=O) groups excluding carboxylic acids is 2. The predicted octanol–water partition coefficient (Wildman–Crippen LogP) is 2.10. The van der Waals surface area contributed by atoms with E-state index in [1.807, 2.05) is 20.8 Å². The van der Waals surface area contributed by atoms with Crippen LogP contribution in [-0.2, 0) is 33.8 Å². The number of hydrogen-bond donors (Lipinski definition) is 2. The Bertz CT molecular complexity index is 932. The molecule has 2 aromatic rings. The van der Waals surface area contributed by atoms with Crippen molar-refractivity contribution in [3.05, 3.63) is 64.5 Å². The van der Waals surface area contributed by atoms with Crippen LogP contribution < -0.4 is 10.8 Å². The molecule has 0 bridgehead atoms. The molecule has 1 amide bonds. The first-order valence-corrected chi connectivity index (χ1v) is 9.98. The Kier molecular flexibility index (Phi) is 6.89. The molecule has 1 aliphatic heterocycles. The molecule has 8 heteroatoms. The van der Waals surface area contributed by atoms with E-state index in [9.17, 15) is 19.0 Å². The van der Waals surface area contributed by atoms with E-state index >= 15 is 0 Å². The highest BCUT2D eigenvalue weighted by molar-refractivity contribution is 6.62. The number of nitrogens with one attached hydrogen (secondary N) is 1.